The number of rotatable bonds is 2. The van der Waals surface area contributed by atoms with Crippen molar-refractivity contribution in [1.82, 2.24) is 19.7 Å². The van der Waals surface area contributed by atoms with Gasteiger partial charge in [-0.3, -0.25) is 0 Å². The fourth-order valence-electron chi connectivity index (χ4n) is 2.59. The van der Waals surface area contributed by atoms with E-state index < -0.39 is 11.6 Å². The second-order valence-corrected chi connectivity index (χ2v) is 5.51. The van der Waals surface area contributed by atoms with E-state index in [1.165, 1.54) is 16.9 Å². The summed E-state index contributed by atoms with van der Waals surface area (Å²) in [5.74, 6) is -1.31. The predicted molar refractivity (Wildman–Crippen MR) is 91.1 cm³/mol. The largest absolute Gasteiger partial charge is 0.383 e. The average molecular weight is 348 g/mol. The van der Waals surface area contributed by atoms with Crippen LogP contribution in [0.3, 0.4) is 0 Å². The van der Waals surface area contributed by atoms with Gasteiger partial charge in [0.2, 0.25) is 0 Å². The highest BCUT2D eigenvalue weighted by molar-refractivity contribution is 5.88. The number of anilines is 1. The van der Waals surface area contributed by atoms with Crippen molar-refractivity contribution in [3.8, 4) is 23.1 Å². The first-order valence-corrected chi connectivity index (χ1v) is 7.54. The van der Waals surface area contributed by atoms with Gasteiger partial charge in [0.15, 0.2) is 11.5 Å². The number of benzene rings is 2. The standard InChI is InChI=1S/C18H10F2N6/c19-11-3-6-13(15(20)7-11)17-24-16(22)14-9-23-26(18(14)25-17)12-4-1-10(8-21)2-5-12/h1-7,9H,(H2,22,24,25). The molecule has 2 aromatic carbocycles. The molecule has 0 saturated heterocycles. The van der Waals surface area contributed by atoms with Crippen molar-refractivity contribution in [2.45, 2.75) is 0 Å². The minimum absolute atomic E-state index is 0.0305. The summed E-state index contributed by atoms with van der Waals surface area (Å²) in [6, 6.07) is 11.9. The number of aromatic nitrogens is 4. The first kappa shape index (κ1) is 15.7. The number of halogens is 2. The second kappa shape index (κ2) is 5.89. The van der Waals surface area contributed by atoms with E-state index in [0.717, 1.165) is 12.1 Å². The zero-order valence-corrected chi connectivity index (χ0v) is 13.2. The van der Waals surface area contributed by atoms with E-state index in [1.54, 1.807) is 24.3 Å². The van der Waals surface area contributed by atoms with Crippen molar-refractivity contribution in [1.29, 1.82) is 5.26 Å². The van der Waals surface area contributed by atoms with Gasteiger partial charge in [-0.05, 0) is 36.4 Å². The lowest BCUT2D eigenvalue weighted by atomic mass is 10.2. The fraction of sp³-hybridized carbons (Fsp3) is 0. The molecule has 6 nitrogen and oxygen atoms in total. The van der Waals surface area contributed by atoms with Crippen molar-refractivity contribution < 1.29 is 8.78 Å². The van der Waals surface area contributed by atoms with Crippen LogP contribution in [0.2, 0.25) is 0 Å². The number of nitrogens with zero attached hydrogens (tertiary/aromatic N) is 5. The van der Waals surface area contributed by atoms with E-state index >= 15 is 0 Å². The third kappa shape index (κ3) is 2.52. The molecule has 0 spiro atoms. The van der Waals surface area contributed by atoms with Gasteiger partial charge in [-0.1, -0.05) is 0 Å². The Kier molecular flexibility index (Phi) is 3.55. The zero-order valence-electron chi connectivity index (χ0n) is 13.2. The third-order valence-electron chi connectivity index (χ3n) is 3.87. The van der Waals surface area contributed by atoms with Gasteiger partial charge >= 0.3 is 0 Å². The summed E-state index contributed by atoms with van der Waals surface area (Å²) >= 11 is 0. The second-order valence-electron chi connectivity index (χ2n) is 5.51. The first-order valence-electron chi connectivity index (χ1n) is 7.54. The molecular formula is C18H10F2N6. The number of nitrogens with two attached hydrogens (primary N) is 1. The van der Waals surface area contributed by atoms with Crippen LogP contribution in [0.5, 0.6) is 0 Å². The number of hydrogen-bond donors (Lipinski definition) is 1. The number of nitrogen functional groups attached to an aromatic ring is 1. The van der Waals surface area contributed by atoms with Crippen LogP contribution in [0.25, 0.3) is 28.1 Å². The number of hydrogen-bond acceptors (Lipinski definition) is 5. The van der Waals surface area contributed by atoms with Gasteiger partial charge < -0.3 is 5.73 Å². The monoisotopic (exact) mass is 348 g/mol. The summed E-state index contributed by atoms with van der Waals surface area (Å²) in [5.41, 5.74) is 7.54. The van der Waals surface area contributed by atoms with Gasteiger partial charge in [-0.2, -0.15) is 10.4 Å². The lowest BCUT2D eigenvalue weighted by Crippen LogP contribution is -2.02. The SMILES string of the molecule is N#Cc1ccc(-n2ncc3c(N)nc(-c4ccc(F)cc4F)nc32)cc1. The molecule has 0 radical (unpaired) electrons. The average Bonchev–Trinajstić information content (AvgIpc) is 3.06. The maximum Gasteiger partial charge on any atom is 0.169 e. The van der Waals surface area contributed by atoms with Crippen LogP contribution in [-0.4, -0.2) is 19.7 Å². The minimum atomic E-state index is -0.784. The van der Waals surface area contributed by atoms with E-state index in [-0.39, 0.29) is 17.2 Å². The molecule has 0 amide bonds. The molecule has 4 rings (SSSR count). The molecule has 2 N–H and O–H groups in total. The Morgan fingerprint density at radius 3 is 2.50 bits per heavy atom. The Morgan fingerprint density at radius 2 is 1.81 bits per heavy atom. The molecule has 2 aromatic heterocycles. The quantitative estimate of drug-likeness (QED) is 0.600. The summed E-state index contributed by atoms with van der Waals surface area (Å²) in [5, 5.41) is 13.7. The summed E-state index contributed by atoms with van der Waals surface area (Å²) in [6.45, 7) is 0. The van der Waals surface area contributed by atoms with E-state index in [2.05, 4.69) is 15.1 Å². The zero-order chi connectivity index (χ0) is 18.3. The van der Waals surface area contributed by atoms with Crippen LogP contribution in [0.15, 0.2) is 48.7 Å². The summed E-state index contributed by atoms with van der Waals surface area (Å²) < 4.78 is 28.8. The molecule has 0 fully saturated rings. The highest BCUT2D eigenvalue weighted by Crippen LogP contribution is 2.26. The number of nitriles is 1. The molecule has 2 heterocycles. The maximum absolute atomic E-state index is 14.1. The Labute approximate surface area is 146 Å². The van der Waals surface area contributed by atoms with Gasteiger partial charge in [-0.25, -0.2) is 23.4 Å². The molecule has 0 atom stereocenters. The Bertz CT molecular complexity index is 1170. The van der Waals surface area contributed by atoms with E-state index in [9.17, 15) is 8.78 Å². The fourth-order valence-corrected chi connectivity index (χ4v) is 2.59. The van der Waals surface area contributed by atoms with E-state index in [0.29, 0.717) is 22.3 Å². The third-order valence-corrected chi connectivity index (χ3v) is 3.87. The van der Waals surface area contributed by atoms with Crippen molar-refractivity contribution >= 4 is 16.9 Å². The normalized spacial score (nSPS) is 10.8. The molecule has 0 aliphatic heterocycles. The molecule has 126 valence electrons. The van der Waals surface area contributed by atoms with Crippen molar-refractivity contribution in [3.05, 3.63) is 65.9 Å². The first-order chi connectivity index (χ1) is 12.6. The topological polar surface area (TPSA) is 93.4 Å². The van der Waals surface area contributed by atoms with Crippen LogP contribution in [-0.2, 0) is 0 Å². The van der Waals surface area contributed by atoms with Gasteiger partial charge in [-0.15, -0.1) is 0 Å². The molecule has 4 aromatic rings. The van der Waals surface area contributed by atoms with Crippen LogP contribution in [0.4, 0.5) is 14.6 Å². The van der Waals surface area contributed by atoms with Gasteiger partial charge in [0, 0.05) is 6.07 Å². The van der Waals surface area contributed by atoms with Gasteiger partial charge in [0.25, 0.3) is 0 Å². The minimum Gasteiger partial charge on any atom is -0.383 e. The lowest BCUT2D eigenvalue weighted by molar-refractivity contribution is 0.585. The van der Waals surface area contributed by atoms with Crippen molar-refractivity contribution in [2.75, 3.05) is 5.73 Å². The summed E-state index contributed by atoms with van der Waals surface area (Å²) in [4.78, 5) is 8.46. The molecule has 0 bridgehead atoms. The van der Waals surface area contributed by atoms with Crippen LogP contribution < -0.4 is 5.73 Å². The molecule has 8 heteroatoms. The summed E-state index contributed by atoms with van der Waals surface area (Å²) in [6.07, 6.45) is 1.51. The smallest absolute Gasteiger partial charge is 0.169 e. The Hall–Kier alpha value is -3.86. The highest BCUT2D eigenvalue weighted by atomic mass is 19.1. The Morgan fingerprint density at radius 1 is 1.04 bits per heavy atom. The molecular weight excluding hydrogens is 338 g/mol. The van der Waals surface area contributed by atoms with Crippen molar-refractivity contribution in [2.24, 2.45) is 0 Å². The molecule has 0 aliphatic carbocycles. The molecule has 0 unspecified atom stereocenters. The molecule has 0 saturated carbocycles. The van der Waals surface area contributed by atoms with Gasteiger partial charge in [0.05, 0.1) is 34.5 Å². The predicted octanol–water partition coefficient (Wildman–Crippen LogP) is 3.21. The highest BCUT2D eigenvalue weighted by Gasteiger charge is 2.16. The Balaban J connectivity index is 1.91. The van der Waals surface area contributed by atoms with Crippen LogP contribution in [0.1, 0.15) is 5.56 Å². The molecule has 0 aliphatic rings. The van der Waals surface area contributed by atoms with Crippen LogP contribution >= 0.6 is 0 Å². The number of fused-ring (bicyclic) bond motifs is 1. The van der Waals surface area contributed by atoms with Crippen LogP contribution in [0, 0.1) is 23.0 Å². The van der Waals surface area contributed by atoms with Crippen molar-refractivity contribution in [3.63, 3.8) is 0 Å². The van der Waals surface area contributed by atoms with Gasteiger partial charge in [0.1, 0.15) is 17.5 Å². The van der Waals surface area contributed by atoms with E-state index in [4.69, 9.17) is 11.0 Å². The molecule has 26 heavy (non-hydrogen) atoms. The summed E-state index contributed by atoms with van der Waals surface area (Å²) in [7, 11) is 0. The lowest BCUT2D eigenvalue weighted by Gasteiger charge is -2.07. The maximum atomic E-state index is 14.1. The van der Waals surface area contributed by atoms with E-state index in [1.807, 2.05) is 6.07 Å².